The molecule has 86 valence electrons. The van der Waals surface area contributed by atoms with Crippen molar-refractivity contribution >= 4 is 12.1 Å². The lowest BCUT2D eigenvalue weighted by molar-refractivity contribution is -0.138. The summed E-state index contributed by atoms with van der Waals surface area (Å²) in [6.45, 7) is 1.37. The average molecular weight is 216 g/mol. The van der Waals surface area contributed by atoms with Gasteiger partial charge in [0.25, 0.3) is 0 Å². The van der Waals surface area contributed by atoms with Crippen LogP contribution in [-0.2, 0) is 9.53 Å². The van der Waals surface area contributed by atoms with Crippen LogP contribution in [0.4, 0.5) is 4.79 Å². The summed E-state index contributed by atoms with van der Waals surface area (Å²) in [7, 11) is 1.31. The molecule has 0 saturated carbocycles. The van der Waals surface area contributed by atoms with Crippen LogP contribution in [0.3, 0.4) is 0 Å². The van der Waals surface area contributed by atoms with Crippen molar-refractivity contribution in [3.8, 4) is 0 Å². The Kier molecular flexibility index (Phi) is 4.36. The molecule has 2 N–H and O–H groups in total. The number of nitrogens with zero attached hydrogens (tertiary/aromatic N) is 1. The maximum Gasteiger partial charge on any atom is 0.407 e. The Morgan fingerprint density at radius 3 is 2.93 bits per heavy atom. The molecule has 1 unspecified atom stereocenters. The normalized spacial score (nSPS) is 22.1. The molecule has 1 heterocycles. The molecular formula is C9H16N2O4. The third-order valence-corrected chi connectivity index (χ3v) is 2.37. The topological polar surface area (TPSA) is 78.9 Å². The Bertz CT molecular complexity index is 244. The van der Waals surface area contributed by atoms with Gasteiger partial charge in [-0.15, -0.1) is 0 Å². The summed E-state index contributed by atoms with van der Waals surface area (Å²) in [5.41, 5.74) is 0. The van der Waals surface area contributed by atoms with Gasteiger partial charge in [-0.05, 0) is 19.4 Å². The zero-order valence-electron chi connectivity index (χ0n) is 8.73. The van der Waals surface area contributed by atoms with Gasteiger partial charge in [0.05, 0.1) is 13.7 Å². The first-order valence-corrected chi connectivity index (χ1v) is 4.90. The number of hydrogen-bond donors (Lipinski definition) is 2. The van der Waals surface area contributed by atoms with Gasteiger partial charge in [0.2, 0.25) is 0 Å². The largest absolute Gasteiger partial charge is 0.480 e. The maximum atomic E-state index is 10.9. The van der Waals surface area contributed by atoms with Crippen LogP contribution in [-0.4, -0.2) is 54.9 Å². The molecule has 1 atom stereocenters. The molecule has 0 aromatic rings. The monoisotopic (exact) mass is 216 g/mol. The average Bonchev–Trinajstić information content (AvgIpc) is 2.17. The Morgan fingerprint density at radius 2 is 2.33 bits per heavy atom. The lowest BCUT2D eigenvalue weighted by Crippen LogP contribution is -2.48. The number of carboxylic acids is 1. The van der Waals surface area contributed by atoms with Crippen LogP contribution < -0.4 is 5.32 Å². The molecule has 1 aliphatic rings. The van der Waals surface area contributed by atoms with Crippen molar-refractivity contribution in [1.82, 2.24) is 10.2 Å². The molecule has 1 fully saturated rings. The van der Waals surface area contributed by atoms with E-state index in [0.717, 1.165) is 19.4 Å². The number of carbonyl (C=O) groups is 2. The lowest BCUT2D eigenvalue weighted by atomic mass is 10.1. The van der Waals surface area contributed by atoms with Crippen LogP contribution in [0.2, 0.25) is 0 Å². The molecule has 0 spiro atoms. The number of ether oxygens (including phenoxy) is 1. The van der Waals surface area contributed by atoms with Gasteiger partial charge in [-0.25, -0.2) is 4.79 Å². The van der Waals surface area contributed by atoms with Gasteiger partial charge in [0.1, 0.15) is 0 Å². The first-order valence-electron chi connectivity index (χ1n) is 4.90. The number of rotatable bonds is 3. The third-order valence-electron chi connectivity index (χ3n) is 2.37. The zero-order chi connectivity index (χ0) is 11.3. The summed E-state index contributed by atoms with van der Waals surface area (Å²) in [5.74, 6) is -0.839. The highest BCUT2D eigenvalue weighted by molar-refractivity contribution is 5.69. The summed E-state index contributed by atoms with van der Waals surface area (Å²) in [5, 5.41) is 11.3. The van der Waals surface area contributed by atoms with Crippen molar-refractivity contribution in [2.75, 3.05) is 26.7 Å². The van der Waals surface area contributed by atoms with Crippen LogP contribution in [0.15, 0.2) is 0 Å². The van der Waals surface area contributed by atoms with E-state index in [1.54, 1.807) is 0 Å². The van der Waals surface area contributed by atoms with Crippen molar-refractivity contribution in [2.45, 2.75) is 18.9 Å². The number of methoxy groups -OCH3 is 1. The minimum atomic E-state index is -0.839. The molecule has 1 amide bonds. The predicted molar refractivity (Wildman–Crippen MR) is 52.6 cm³/mol. The molecule has 1 rings (SSSR count). The highest BCUT2D eigenvalue weighted by atomic mass is 16.5. The van der Waals surface area contributed by atoms with E-state index in [-0.39, 0.29) is 12.6 Å². The number of nitrogens with one attached hydrogen (secondary N) is 1. The first kappa shape index (κ1) is 11.8. The number of carboxylic acid groups (broad SMARTS) is 1. The van der Waals surface area contributed by atoms with E-state index in [0.29, 0.717) is 6.54 Å². The van der Waals surface area contributed by atoms with E-state index in [9.17, 15) is 9.59 Å². The van der Waals surface area contributed by atoms with Crippen LogP contribution in [0.25, 0.3) is 0 Å². The fourth-order valence-corrected chi connectivity index (χ4v) is 1.73. The van der Waals surface area contributed by atoms with Gasteiger partial charge in [-0.1, -0.05) is 0 Å². The molecule has 6 heteroatoms. The van der Waals surface area contributed by atoms with Crippen molar-refractivity contribution in [3.63, 3.8) is 0 Å². The number of carbonyl (C=O) groups excluding carboxylic acids is 1. The second-order valence-corrected chi connectivity index (χ2v) is 3.60. The van der Waals surface area contributed by atoms with Crippen molar-refractivity contribution in [1.29, 1.82) is 0 Å². The van der Waals surface area contributed by atoms with Crippen molar-refractivity contribution < 1.29 is 19.4 Å². The number of piperidine rings is 1. The van der Waals surface area contributed by atoms with Gasteiger partial charge < -0.3 is 15.2 Å². The third kappa shape index (κ3) is 4.16. The molecule has 1 saturated heterocycles. The van der Waals surface area contributed by atoms with E-state index in [1.807, 2.05) is 4.90 Å². The molecule has 0 radical (unpaired) electrons. The molecule has 6 nitrogen and oxygen atoms in total. The Balaban J connectivity index is 2.35. The molecule has 1 aliphatic heterocycles. The van der Waals surface area contributed by atoms with E-state index in [1.165, 1.54) is 7.11 Å². The number of amides is 1. The van der Waals surface area contributed by atoms with Crippen LogP contribution in [0.1, 0.15) is 12.8 Å². The molecule has 0 aromatic carbocycles. The first-order chi connectivity index (χ1) is 7.11. The van der Waals surface area contributed by atoms with Gasteiger partial charge in [0, 0.05) is 12.6 Å². The van der Waals surface area contributed by atoms with E-state index >= 15 is 0 Å². The van der Waals surface area contributed by atoms with Gasteiger partial charge in [-0.2, -0.15) is 0 Å². The fourth-order valence-electron chi connectivity index (χ4n) is 1.73. The quantitative estimate of drug-likeness (QED) is 0.688. The zero-order valence-corrected chi connectivity index (χ0v) is 8.73. The second-order valence-electron chi connectivity index (χ2n) is 3.60. The summed E-state index contributed by atoms with van der Waals surface area (Å²) >= 11 is 0. The minimum Gasteiger partial charge on any atom is -0.480 e. The number of aliphatic carboxylic acids is 1. The van der Waals surface area contributed by atoms with Gasteiger partial charge >= 0.3 is 12.1 Å². The Hall–Kier alpha value is -1.30. The summed E-state index contributed by atoms with van der Waals surface area (Å²) in [6, 6.07) is -0.00875. The van der Waals surface area contributed by atoms with Crippen LogP contribution >= 0.6 is 0 Å². The lowest BCUT2D eigenvalue weighted by Gasteiger charge is -2.31. The summed E-state index contributed by atoms with van der Waals surface area (Å²) < 4.78 is 4.48. The number of likely N-dealkylation sites (tertiary alicyclic amines) is 1. The molecule has 0 aliphatic carbocycles. The maximum absolute atomic E-state index is 10.9. The van der Waals surface area contributed by atoms with E-state index in [4.69, 9.17) is 5.11 Å². The highest BCUT2D eigenvalue weighted by Crippen LogP contribution is 2.09. The molecule has 0 aromatic heterocycles. The standard InChI is InChI=1S/C9H16N2O4/c1-15-9(14)10-7-3-2-4-11(5-7)6-8(12)13/h7H,2-6H2,1H3,(H,10,14)(H,12,13). The summed E-state index contributed by atoms with van der Waals surface area (Å²) in [4.78, 5) is 23.3. The molecule has 15 heavy (non-hydrogen) atoms. The van der Waals surface area contributed by atoms with Crippen LogP contribution in [0.5, 0.6) is 0 Å². The number of alkyl carbamates (subject to hydrolysis) is 1. The Morgan fingerprint density at radius 1 is 1.60 bits per heavy atom. The second kappa shape index (κ2) is 5.55. The summed E-state index contributed by atoms with van der Waals surface area (Å²) in [6.07, 6.45) is 1.30. The van der Waals surface area contributed by atoms with Crippen LogP contribution in [0, 0.1) is 0 Å². The van der Waals surface area contributed by atoms with Crippen molar-refractivity contribution in [2.24, 2.45) is 0 Å². The molecular weight excluding hydrogens is 200 g/mol. The Labute approximate surface area is 88.2 Å². The van der Waals surface area contributed by atoms with Crippen molar-refractivity contribution in [3.05, 3.63) is 0 Å². The van der Waals surface area contributed by atoms with E-state index < -0.39 is 12.1 Å². The predicted octanol–water partition coefficient (Wildman–Crippen LogP) is -0.109. The van der Waals surface area contributed by atoms with Gasteiger partial charge in [-0.3, -0.25) is 9.69 Å². The molecule has 0 bridgehead atoms. The van der Waals surface area contributed by atoms with E-state index in [2.05, 4.69) is 10.1 Å². The van der Waals surface area contributed by atoms with Gasteiger partial charge in [0.15, 0.2) is 0 Å². The fraction of sp³-hybridized carbons (Fsp3) is 0.778. The highest BCUT2D eigenvalue weighted by Gasteiger charge is 2.22. The smallest absolute Gasteiger partial charge is 0.407 e. The SMILES string of the molecule is COC(=O)NC1CCCN(CC(=O)O)C1. The number of hydrogen-bond acceptors (Lipinski definition) is 4. The minimum absolute atomic E-state index is 0.00875.